The second kappa shape index (κ2) is 6.27. The molecule has 2 nitrogen and oxygen atoms in total. The number of methoxy groups -OCH3 is 1. The average molecular weight is 271 g/mol. The van der Waals surface area contributed by atoms with Gasteiger partial charge in [0.1, 0.15) is 5.75 Å². The molecule has 2 aromatic rings. The molecule has 0 aliphatic rings. The van der Waals surface area contributed by atoms with Gasteiger partial charge in [0.15, 0.2) is 0 Å². The first-order chi connectivity index (χ1) is 9.54. The Labute approximate surface area is 122 Å². The fourth-order valence-electron chi connectivity index (χ4n) is 2.56. The van der Waals surface area contributed by atoms with Gasteiger partial charge in [0.25, 0.3) is 0 Å². The molecule has 0 heterocycles. The summed E-state index contributed by atoms with van der Waals surface area (Å²) in [6.45, 7) is 7.67. The Morgan fingerprint density at radius 2 is 1.75 bits per heavy atom. The smallest absolute Gasteiger partial charge is 0.119 e. The third-order valence-corrected chi connectivity index (χ3v) is 3.76. The quantitative estimate of drug-likeness (QED) is 0.834. The van der Waals surface area contributed by atoms with Crippen LogP contribution >= 0.6 is 0 Å². The van der Waals surface area contributed by atoms with Crippen molar-refractivity contribution < 1.29 is 4.74 Å². The van der Waals surface area contributed by atoms with Crippen LogP contribution in [0.25, 0.3) is 10.8 Å². The number of hydrogen-bond acceptors (Lipinski definition) is 2. The van der Waals surface area contributed by atoms with Crippen LogP contribution in [0.5, 0.6) is 5.75 Å². The van der Waals surface area contributed by atoms with Crippen molar-refractivity contribution >= 4 is 10.8 Å². The lowest BCUT2D eigenvalue weighted by atomic mass is 9.98. The Kier molecular flexibility index (Phi) is 4.66. The Bertz CT molecular complexity index is 575. The molecule has 0 spiro atoms. The number of fused-ring (bicyclic) bond motifs is 1. The van der Waals surface area contributed by atoms with Crippen LogP contribution in [0, 0.1) is 0 Å². The highest BCUT2D eigenvalue weighted by molar-refractivity contribution is 5.84. The molecule has 2 heteroatoms. The van der Waals surface area contributed by atoms with Gasteiger partial charge in [-0.2, -0.15) is 0 Å². The van der Waals surface area contributed by atoms with Gasteiger partial charge in [-0.25, -0.2) is 0 Å². The first kappa shape index (κ1) is 14.9. The molecular formula is C18H25NO. The van der Waals surface area contributed by atoms with E-state index in [1.807, 2.05) is 6.07 Å². The maximum Gasteiger partial charge on any atom is 0.119 e. The van der Waals surface area contributed by atoms with Crippen molar-refractivity contribution in [2.24, 2.45) is 0 Å². The van der Waals surface area contributed by atoms with E-state index in [9.17, 15) is 0 Å². The van der Waals surface area contributed by atoms with E-state index in [0.29, 0.717) is 0 Å². The first-order valence-electron chi connectivity index (χ1n) is 7.36. The zero-order valence-corrected chi connectivity index (χ0v) is 13.0. The van der Waals surface area contributed by atoms with Gasteiger partial charge < -0.3 is 10.1 Å². The molecule has 0 fully saturated rings. The molecule has 0 amide bonds. The van der Waals surface area contributed by atoms with Crippen molar-refractivity contribution in [3.63, 3.8) is 0 Å². The summed E-state index contributed by atoms with van der Waals surface area (Å²) in [5, 5.41) is 6.12. The molecule has 2 aromatic carbocycles. The van der Waals surface area contributed by atoms with Gasteiger partial charge in [0.2, 0.25) is 0 Å². The zero-order valence-electron chi connectivity index (χ0n) is 13.0. The molecule has 0 radical (unpaired) electrons. The summed E-state index contributed by atoms with van der Waals surface area (Å²) in [5.41, 5.74) is 1.52. The van der Waals surface area contributed by atoms with Gasteiger partial charge in [-0.05, 0) is 54.8 Å². The summed E-state index contributed by atoms with van der Waals surface area (Å²) in [4.78, 5) is 0. The molecule has 20 heavy (non-hydrogen) atoms. The Morgan fingerprint density at radius 1 is 1.05 bits per heavy atom. The van der Waals surface area contributed by atoms with E-state index in [1.54, 1.807) is 7.11 Å². The van der Waals surface area contributed by atoms with Crippen molar-refractivity contribution in [2.45, 2.75) is 45.7 Å². The highest BCUT2D eigenvalue weighted by Crippen LogP contribution is 2.22. The molecule has 0 bridgehead atoms. The second-order valence-electron chi connectivity index (χ2n) is 6.03. The highest BCUT2D eigenvalue weighted by atomic mass is 16.5. The topological polar surface area (TPSA) is 21.3 Å². The molecule has 0 aliphatic heterocycles. The summed E-state index contributed by atoms with van der Waals surface area (Å²) in [6, 6.07) is 12.8. The Hall–Kier alpha value is -1.54. The lowest BCUT2D eigenvalue weighted by molar-refractivity contribution is 0.357. The zero-order chi connectivity index (χ0) is 14.6. The van der Waals surface area contributed by atoms with Crippen LogP contribution < -0.4 is 10.1 Å². The molecular weight excluding hydrogens is 246 g/mol. The molecule has 0 atom stereocenters. The minimum Gasteiger partial charge on any atom is -0.497 e. The van der Waals surface area contributed by atoms with Crippen LogP contribution in [-0.2, 0) is 6.54 Å². The van der Waals surface area contributed by atoms with E-state index in [0.717, 1.165) is 12.3 Å². The minimum absolute atomic E-state index is 0.198. The molecule has 1 N–H and O–H groups in total. The molecule has 0 aromatic heterocycles. The normalized spacial score (nSPS) is 11.8. The predicted molar refractivity (Wildman–Crippen MR) is 86.3 cm³/mol. The summed E-state index contributed by atoms with van der Waals surface area (Å²) in [6.07, 6.45) is 2.40. The summed E-state index contributed by atoms with van der Waals surface area (Å²) >= 11 is 0. The molecule has 0 saturated heterocycles. The lowest BCUT2D eigenvalue weighted by Gasteiger charge is -2.26. The summed E-state index contributed by atoms with van der Waals surface area (Å²) in [5.74, 6) is 0.910. The van der Waals surface area contributed by atoms with Crippen LogP contribution in [0.2, 0.25) is 0 Å². The lowest BCUT2D eigenvalue weighted by Crippen LogP contribution is -2.38. The SMILES string of the molecule is CCCC(C)(C)NCc1ccc2cc(OC)ccc2c1. The summed E-state index contributed by atoms with van der Waals surface area (Å²) in [7, 11) is 1.70. The van der Waals surface area contributed by atoms with Crippen molar-refractivity contribution in [3.8, 4) is 5.75 Å². The number of benzene rings is 2. The van der Waals surface area contributed by atoms with Crippen molar-refractivity contribution in [2.75, 3.05) is 7.11 Å². The fraction of sp³-hybridized carbons (Fsp3) is 0.444. The van der Waals surface area contributed by atoms with Gasteiger partial charge in [-0.1, -0.05) is 31.5 Å². The molecule has 0 saturated carbocycles. The van der Waals surface area contributed by atoms with Crippen molar-refractivity contribution in [3.05, 3.63) is 42.0 Å². The third-order valence-electron chi connectivity index (χ3n) is 3.76. The molecule has 0 unspecified atom stereocenters. The van der Waals surface area contributed by atoms with Crippen LogP contribution in [0.4, 0.5) is 0 Å². The predicted octanol–water partition coefficient (Wildman–Crippen LogP) is 4.52. The van der Waals surface area contributed by atoms with E-state index in [2.05, 4.69) is 56.4 Å². The van der Waals surface area contributed by atoms with Gasteiger partial charge in [-0.15, -0.1) is 0 Å². The Balaban J connectivity index is 2.12. The van der Waals surface area contributed by atoms with Gasteiger partial charge in [0.05, 0.1) is 7.11 Å². The van der Waals surface area contributed by atoms with Crippen LogP contribution in [0.15, 0.2) is 36.4 Å². The molecule has 108 valence electrons. The van der Waals surface area contributed by atoms with E-state index < -0.39 is 0 Å². The minimum atomic E-state index is 0.198. The standard InChI is InChI=1S/C18H25NO/c1-5-10-18(2,3)19-13-14-6-7-16-12-17(20-4)9-8-15(16)11-14/h6-9,11-12,19H,5,10,13H2,1-4H3. The monoisotopic (exact) mass is 271 g/mol. The van der Waals surface area contributed by atoms with Gasteiger partial charge >= 0.3 is 0 Å². The van der Waals surface area contributed by atoms with E-state index in [1.165, 1.54) is 29.2 Å². The third kappa shape index (κ3) is 3.73. The highest BCUT2D eigenvalue weighted by Gasteiger charge is 2.15. The average Bonchev–Trinajstić information content (AvgIpc) is 2.44. The largest absolute Gasteiger partial charge is 0.497 e. The van der Waals surface area contributed by atoms with Gasteiger partial charge in [-0.3, -0.25) is 0 Å². The van der Waals surface area contributed by atoms with Crippen molar-refractivity contribution in [1.29, 1.82) is 0 Å². The van der Waals surface area contributed by atoms with Crippen LogP contribution in [-0.4, -0.2) is 12.6 Å². The Morgan fingerprint density at radius 3 is 2.45 bits per heavy atom. The number of nitrogens with one attached hydrogen (secondary N) is 1. The summed E-state index contributed by atoms with van der Waals surface area (Å²) < 4.78 is 5.26. The van der Waals surface area contributed by atoms with Crippen LogP contribution in [0.1, 0.15) is 39.2 Å². The van der Waals surface area contributed by atoms with Crippen LogP contribution in [0.3, 0.4) is 0 Å². The maximum atomic E-state index is 5.26. The van der Waals surface area contributed by atoms with E-state index in [-0.39, 0.29) is 5.54 Å². The second-order valence-corrected chi connectivity index (χ2v) is 6.03. The number of hydrogen-bond donors (Lipinski definition) is 1. The van der Waals surface area contributed by atoms with Gasteiger partial charge in [0, 0.05) is 12.1 Å². The van der Waals surface area contributed by atoms with E-state index >= 15 is 0 Å². The number of rotatable bonds is 6. The first-order valence-corrected chi connectivity index (χ1v) is 7.36. The maximum absolute atomic E-state index is 5.26. The molecule has 0 aliphatic carbocycles. The molecule has 2 rings (SSSR count). The van der Waals surface area contributed by atoms with Crippen molar-refractivity contribution in [1.82, 2.24) is 5.32 Å². The number of ether oxygens (including phenoxy) is 1. The van der Waals surface area contributed by atoms with E-state index in [4.69, 9.17) is 4.74 Å². The fourth-order valence-corrected chi connectivity index (χ4v) is 2.56.